The third kappa shape index (κ3) is 3.70. The van der Waals surface area contributed by atoms with Crippen molar-refractivity contribution in [2.75, 3.05) is 12.4 Å². The summed E-state index contributed by atoms with van der Waals surface area (Å²) >= 11 is 3.32. The van der Waals surface area contributed by atoms with Crippen LogP contribution in [0.3, 0.4) is 0 Å². The number of methoxy groups -OCH3 is 1. The van der Waals surface area contributed by atoms with Crippen LogP contribution in [0.15, 0.2) is 24.3 Å². The minimum absolute atomic E-state index is 0.234. The van der Waals surface area contributed by atoms with Gasteiger partial charge in [0.2, 0.25) is 0 Å². The van der Waals surface area contributed by atoms with Gasteiger partial charge in [-0.2, -0.15) is 0 Å². The van der Waals surface area contributed by atoms with Gasteiger partial charge in [-0.25, -0.2) is 4.79 Å². The summed E-state index contributed by atoms with van der Waals surface area (Å²) in [6, 6.07) is 4.93. The number of benzene rings is 1. The number of carboxylic acids is 1. The lowest BCUT2D eigenvalue weighted by atomic mass is 10.1. The minimum Gasteiger partial charge on any atom is -0.497 e. The standard InChI is InChI=1S/C12H13BrO3/c1-16-11-7-9(4-2-3-5-13)6-10(8-11)12(14)15/h2,4,6-8H,3,5H2,1H3,(H,14,15). The Balaban J connectivity index is 2.99. The van der Waals surface area contributed by atoms with E-state index in [-0.39, 0.29) is 5.56 Å². The van der Waals surface area contributed by atoms with E-state index >= 15 is 0 Å². The largest absolute Gasteiger partial charge is 0.497 e. The summed E-state index contributed by atoms with van der Waals surface area (Å²) in [6.07, 6.45) is 4.77. The van der Waals surface area contributed by atoms with Crippen molar-refractivity contribution in [2.24, 2.45) is 0 Å². The molecule has 0 atom stereocenters. The first-order valence-corrected chi connectivity index (χ1v) is 5.94. The Bertz CT molecular complexity index is 399. The molecule has 1 N–H and O–H groups in total. The van der Waals surface area contributed by atoms with Crippen molar-refractivity contribution in [1.29, 1.82) is 0 Å². The SMILES string of the molecule is COc1cc(C=CCCBr)cc(C(=O)O)c1. The van der Waals surface area contributed by atoms with Crippen molar-refractivity contribution < 1.29 is 14.6 Å². The fraction of sp³-hybridized carbons (Fsp3) is 0.250. The van der Waals surface area contributed by atoms with Gasteiger partial charge in [-0.05, 0) is 30.2 Å². The Morgan fingerprint density at radius 3 is 2.81 bits per heavy atom. The number of halogens is 1. The fourth-order valence-electron chi connectivity index (χ4n) is 1.24. The van der Waals surface area contributed by atoms with Crippen molar-refractivity contribution >= 4 is 28.0 Å². The molecule has 0 unspecified atom stereocenters. The number of ether oxygens (including phenoxy) is 1. The molecular formula is C12H13BrO3. The van der Waals surface area contributed by atoms with Crippen molar-refractivity contribution in [2.45, 2.75) is 6.42 Å². The van der Waals surface area contributed by atoms with E-state index in [2.05, 4.69) is 15.9 Å². The normalized spacial score (nSPS) is 10.6. The lowest BCUT2D eigenvalue weighted by Crippen LogP contribution is -1.97. The molecule has 86 valence electrons. The molecule has 0 heterocycles. The molecule has 16 heavy (non-hydrogen) atoms. The molecule has 0 aliphatic heterocycles. The van der Waals surface area contributed by atoms with Gasteiger partial charge in [0, 0.05) is 5.33 Å². The molecule has 1 aromatic carbocycles. The van der Waals surface area contributed by atoms with Gasteiger partial charge in [0.25, 0.3) is 0 Å². The smallest absolute Gasteiger partial charge is 0.335 e. The third-order valence-corrected chi connectivity index (χ3v) is 2.46. The lowest BCUT2D eigenvalue weighted by Gasteiger charge is -2.03. The third-order valence-electron chi connectivity index (χ3n) is 2.00. The first-order chi connectivity index (χ1) is 7.67. The predicted octanol–water partition coefficient (Wildman–Crippen LogP) is 3.19. The Kier molecular flexibility index (Phi) is 5.05. The Hall–Kier alpha value is -1.29. The molecule has 0 aromatic heterocycles. The van der Waals surface area contributed by atoms with Crippen LogP contribution in [0.2, 0.25) is 0 Å². The molecule has 0 aliphatic rings. The van der Waals surface area contributed by atoms with Crippen LogP contribution in [-0.2, 0) is 0 Å². The first kappa shape index (κ1) is 12.8. The fourth-order valence-corrected chi connectivity index (χ4v) is 1.51. The second-order valence-electron chi connectivity index (χ2n) is 3.18. The summed E-state index contributed by atoms with van der Waals surface area (Å²) in [5, 5.41) is 9.80. The molecule has 0 radical (unpaired) electrons. The van der Waals surface area contributed by atoms with Gasteiger partial charge in [-0.15, -0.1) is 0 Å². The molecule has 0 spiro atoms. The van der Waals surface area contributed by atoms with Crippen LogP contribution in [0.1, 0.15) is 22.3 Å². The van der Waals surface area contributed by atoms with Gasteiger partial charge in [0.05, 0.1) is 12.7 Å². The van der Waals surface area contributed by atoms with E-state index in [0.717, 1.165) is 17.3 Å². The van der Waals surface area contributed by atoms with Crippen molar-refractivity contribution in [3.8, 4) is 5.75 Å². The van der Waals surface area contributed by atoms with Crippen LogP contribution >= 0.6 is 15.9 Å². The first-order valence-electron chi connectivity index (χ1n) is 4.82. The molecule has 3 nitrogen and oxygen atoms in total. The number of alkyl halides is 1. The van der Waals surface area contributed by atoms with E-state index in [4.69, 9.17) is 9.84 Å². The summed E-state index contributed by atoms with van der Waals surface area (Å²) < 4.78 is 5.05. The number of carboxylic acid groups (broad SMARTS) is 1. The molecular weight excluding hydrogens is 272 g/mol. The zero-order chi connectivity index (χ0) is 12.0. The number of aromatic carboxylic acids is 1. The number of hydrogen-bond donors (Lipinski definition) is 1. The lowest BCUT2D eigenvalue weighted by molar-refractivity contribution is 0.0696. The van der Waals surface area contributed by atoms with E-state index in [1.807, 2.05) is 12.2 Å². The van der Waals surface area contributed by atoms with Gasteiger partial charge in [-0.3, -0.25) is 0 Å². The molecule has 1 rings (SSSR count). The van der Waals surface area contributed by atoms with Gasteiger partial charge in [0.1, 0.15) is 5.75 Å². The summed E-state index contributed by atoms with van der Waals surface area (Å²) in [6.45, 7) is 0. The van der Waals surface area contributed by atoms with E-state index in [9.17, 15) is 4.79 Å². The highest BCUT2D eigenvalue weighted by Gasteiger charge is 2.05. The van der Waals surface area contributed by atoms with E-state index in [0.29, 0.717) is 5.75 Å². The monoisotopic (exact) mass is 284 g/mol. The van der Waals surface area contributed by atoms with Crippen LogP contribution < -0.4 is 4.74 Å². The van der Waals surface area contributed by atoms with Crippen molar-refractivity contribution in [3.05, 3.63) is 35.4 Å². The van der Waals surface area contributed by atoms with Crippen molar-refractivity contribution in [3.63, 3.8) is 0 Å². The average Bonchev–Trinajstić information content (AvgIpc) is 2.29. The molecule has 1 aromatic rings. The van der Waals surface area contributed by atoms with E-state index in [1.54, 1.807) is 12.1 Å². The molecule has 4 heteroatoms. The number of allylic oxidation sites excluding steroid dienone is 1. The number of carbonyl (C=O) groups is 1. The van der Waals surface area contributed by atoms with Crippen LogP contribution in [0.25, 0.3) is 6.08 Å². The molecule has 0 amide bonds. The highest BCUT2D eigenvalue weighted by Crippen LogP contribution is 2.18. The van der Waals surface area contributed by atoms with Gasteiger partial charge < -0.3 is 9.84 Å². The summed E-state index contributed by atoms with van der Waals surface area (Å²) in [5.41, 5.74) is 1.07. The summed E-state index contributed by atoms with van der Waals surface area (Å²) in [4.78, 5) is 10.9. The van der Waals surface area contributed by atoms with Crippen molar-refractivity contribution in [1.82, 2.24) is 0 Å². The Morgan fingerprint density at radius 1 is 1.50 bits per heavy atom. The van der Waals surface area contributed by atoms with Crippen LogP contribution in [0.4, 0.5) is 0 Å². The molecule has 0 saturated carbocycles. The zero-order valence-electron chi connectivity index (χ0n) is 8.94. The van der Waals surface area contributed by atoms with Gasteiger partial charge in [0.15, 0.2) is 0 Å². The predicted molar refractivity (Wildman–Crippen MR) is 67.4 cm³/mol. The van der Waals surface area contributed by atoms with Crippen LogP contribution in [-0.4, -0.2) is 23.5 Å². The second kappa shape index (κ2) is 6.33. The number of hydrogen-bond acceptors (Lipinski definition) is 2. The van der Waals surface area contributed by atoms with E-state index < -0.39 is 5.97 Å². The molecule has 0 bridgehead atoms. The molecule has 0 aliphatic carbocycles. The highest BCUT2D eigenvalue weighted by atomic mass is 79.9. The number of rotatable bonds is 5. The molecule has 0 fully saturated rings. The van der Waals surface area contributed by atoms with Crippen LogP contribution in [0.5, 0.6) is 5.75 Å². The zero-order valence-corrected chi connectivity index (χ0v) is 10.5. The Labute approximate surface area is 103 Å². The quantitative estimate of drug-likeness (QED) is 0.845. The van der Waals surface area contributed by atoms with Gasteiger partial charge in [-0.1, -0.05) is 28.1 Å². The molecule has 0 saturated heterocycles. The topological polar surface area (TPSA) is 46.5 Å². The maximum Gasteiger partial charge on any atom is 0.335 e. The minimum atomic E-state index is -0.950. The summed E-state index contributed by atoms with van der Waals surface area (Å²) in [7, 11) is 1.52. The Morgan fingerprint density at radius 2 is 2.25 bits per heavy atom. The second-order valence-corrected chi connectivity index (χ2v) is 3.97. The van der Waals surface area contributed by atoms with E-state index in [1.165, 1.54) is 13.2 Å². The highest BCUT2D eigenvalue weighted by molar-refractivity contribution is 9.09. The average molecular weight is 285 g/mol. The maximum atomic E-state index is 10.9. The van der Waals surface area contributed by atoms with Crippen LogP contribution in [0, 0.1) is 0 Å². The van der Waals surface area contributed by atoms with Gasteiger partial charge >= 0.3 is 5.97 Å². The summed E-state index contributed by atoms with van der Waals surface area (Å²) in [5.74, 6) is -0.396. The maximum absolute atomic E-state index is 10.9.